The van der Waals surface area contributed by atoms with Gasteiger partial charge in [-0.15, -0.1) is 0 Å². The fourth-order valence-corrected chi connectivity index (χ4v) is 1.86. The highest BCUT2D eigenvalue weighted by molar-refractivity contribution is 7.71. The van der Waals surface area contributed by atoms with E-state index >= 15 is 0 Å². The van der Waals surface area contributed by atoms with Crippen LogP contribution >= 0.6 is 12.2 Å². The van der Waals surface area contributed by atoms with E-state index in [2.05, 4.69) is 4.98 Å². The van der Waals surface area contributed by atoms with E-state index in [1.807, 2.05) is 0 Å². The van der Waals surface area contributed by atoms with Crippen LogP contribution in [-0.2, 0) is 4.74 Å². The van der Waals surface area contributed by atoms with Gasteiger partial charge in [0.2, 0.25) is 0 Å². The van der Waals surface area contributed by atoms with E-state index in [4.69, 9.17) is 22.1 Å². The Balaban J connectivity index is 2.35. The normalized spacial score (nSPS) is 32.9. The molecule has 0 amide bonds. The first-order chi connectivity index (χ1) is 8.04. The molecule has 1 unspecified atom stereocenters. The van der Waals surface area contributed by atoms with Crippen molar-refractivity contribution < 1.29 is 19.3 Å². The van der Waals surface area contributed by atoms with Gasteiger partial charge in [-0.25, -0.2) is 9.18 Å². The van der Waals surface area contributed by atoms with Crippen LogP contribution in [0, 0.1) is 4.64 Å². The number of aromatic nitrogens is 2. The minimum absolute atomic E-state index is 0.231. The summed E-state index contributed by atoms with van der Waals surface area (Å²) in [6, 6.07) is 1.42. The molecular formula is C9H11FN2O4S. The molecule has 3 N–H and O–H groups in total. The van der Waals surface area contributed by atoms with E-state index in [1.165, 1.54) is 12.3 Å². The van der Waals surface area contributed by atoms with Crippen molar-refractivity contribution in [3.8, 4) is 0 Å². The minimum Gasteiger partial charge on any atom is -0.394 e. The summed E-state index contributed by atoms with van der Waals surface area (Å²) in [7, 11) is 0. The number of hydrogen-bond donors (Lipinski definition) is 3. The van der Waals surface area contributed by atoms with Crippen LogP contribution in [0.5, 0.6) is 0 Å². The maximum absolute atomic E-state index is 13.4. The second kappa shape index (κ2) is 4.65. The third-order valence-corrected chi connectivity index (χ3v) is 2.83. The van der Waals surface area contributed by atoms with E-state index in [1.54, 1.807) is 0 Å². The third kappa shape index (κ3) is 2.16. The lowest BCUT2D eigenvalue weighted by Crippen LogP contribution is -2.34. The van der Waals surface area contributed by atoms with Crippen molar-refractivity contribution in [2.75, 3.05) is 6.61 Å². The Bertz CT molecular complexity index is 516. The molecular weight excluding hydrogens is 251 g/mol. The first-order valence-corrected chi connectivity index (χ1v) is 5.35. The van der Waals surface area contributed by atoms with Crippen LogP contribution in [0.1, 0.15) is 6.23 Å². The number of hydrogen-bond acceptors (Lipinski definition) is 5. The van der Waals surface area contributed by atoms with Gasteiger partial charge < -0.3 is 14.9 Å². The van der Waals surface area contributed by atoms with Crippen molar-refractivity contribution >= 4 is 12.2 Å². The maximum Gasteiger partial charge on any atom is 0.328 e. The van der Waals surface area contributed by atoms with Crippen molar-refractivity contribution in [3.05, 3.63) is 27.4 Å². The number of aromatic amines is 1. The zero-order valence-corrected chi connectivity index (χ0v) is 9.43. The van der Waals surface area contributed by atoms with Crippen molar-refractivity contribution in [2.24, 2.45) is 0 Å². The van der Waals surface area contributed by atoms with Gasteiger partial charge in [-0.1, -0.05) is 12.2 Å². The molecule has 4 atom stereocenters. The molecule has 94 valence electrons. The van der Waals surface area contributed by atoms with E-state index in [9.17, 15) is 14.3 Å². The number of aliphatic hydroxyl groups is 2. The van der Waals surface area contributed by atoms with Crippen LogP contribution in [0.4, 0.5) is 4.39 Å². The Morgan fingerprint density at radius 1 is 1.65 bits per heavy atom. The standard InChI is InChI=1S/C9H11FN2O4S/c10-6-4(3-13)16-8(7(6)14)12-2-1-5(17)11-9(12)15/h1-2,4,6-8,13-14H,3H2,(H,11,15,17)/t4-,6+,7?,8-/m1/s1. The molecule has 0 bridgehead atoms. The lowest BCUT2D eigenvalue weighted by atomic mass is 10.1. The Hall–Kier alpha value is -1.09. The number of ether oxygens (including phenoxy) is 1. The highest BCUT2D eigenvalue weighted by Crippen LogP contribution is 2.29. The largest absolute Gasteiger partial charge is 0.394 e. The Kier molecular flexibility index (Phi) is 3.38. The molecule has 1 saturated heterocycles. The van der Waals surface area contributed by atoms with Gasteiger partial charge in [0.1, 0.15) is 16.8 Å². The zero-order chi connectivity index (χ0) is 12.6. The number of H-pyrrole nitrogens is 1. The van der Waals surface area contributed by atoms with Gasteiger partial charge in [0.05, 0.1) is 6.61 Å². The van der Waals surface area contributed by atoms with Crippen molar-refractivity contribution in [3.63, 3.8) is 0 Å². The van der Waals surface area contributed by atoms with Gasteiger partial charge in [-0.3, -0.25) is 9.55 Å². The van der Waals surface area contributed by atoms with Crippen molar-refractivity contribution in [1.82, 2.24) is 9.55 Å². The summed E-state index contributed by atoms with van der Waals surface area (Å²) >= 11 is 4.75. The fourth-order valence-electron chi connectivity index (χ4n) is 1.71. The molecule has 2 rings (SSSR count). The molecule has 1 aliphatic heterocycles. The molecule has 8 heteroatoms. The molecule has 0 spiro atoms. The average Bonchev–Trinajstić information content (AvgIpc) is 2.57. The van der Waals surface area contributed by atoms with Gasteiger partial charge in [-0.2, -0.15) is 0 Å². The topological polar surface area (TPSA) is 87.5 Å². The van der Waals surface area contributed by atoms with E-state index in [-0.39, 0.29) is 4.64 Å². The van der Waals surface area contributed by atoms with Crippen LogP contribution in [0.2, 0.25) is 0 Å². The Morgan fingerprint density at radius 3 is 2.88 bits per heavy atom. The number of rotatable bonds is 2. The summed E-state index contributed by atoms with van der Waals surface area (Å²) in [5.74, 6) is 0. The fraction of sp³-hybridized carbons (Fsp3) is 0.556. The van der Waals surface area contributed by atoms with Crippen LogP contribution in [-0.4, -0.2) is 44.8 Å². The van der Waals surface area contributed by atoms with Crippen LogP contribution < -0.4 is 5.69 Å². The highest BCUT2D eigenvalue weighted by Gasteiger charge is 2.45. The maximum atomic E-state index is 13.4. The smallest absolute Gasteiger partial charge is 0.328 e. The van der Waals surface area contributed by atoms with Crippen molar-refractivity contribution in [2.45, 2.75) is 24.6 Å². The summed E-state index contributed by atoms with van der Waals surface area (Å²) in [5, 5.41) is 18.4. The van der Waals surface area contributed by atoms with Crippen LogP contribution in [0.15, 0.2) is 17.1 Å². The monoisotopic (exact) mass is 262 g/mol. The van der Waals surface area contributed by atoms with E-state index < -0.39 is 36.9 Å². The molecule has 0 aliphatic carbocycles. The first kappa shape index (κ1) is 12.4. The molecule has 0 aromatic carbocycles. The Morgan fingerprint density at radius 2 is 2.35 bits per heavy atom. The van der Waals surface area contributed by atoms with Crippen LogP contribution in [0.3, 0.4) is 0 Å². The molecule has 1 fully saturated rings. The molecule has 2 heterocycles. The second-order valence-corrected chi connectivity index (χ2v) is 4.14. The van der Waals surface area contributed by atoms with Gasteiger partial charge >= 0.3 is 5.69 Å². The molecule has 0 radical (unpaired) electrons. The quantitative estimate of drug-likeness (QED) is 0.625. The van der Waals surface area contributed by atoms with Gasteiger partial charge in [0, 0.05) is 6.20 Å². The summed E-state index contributed by atoms with van der Waals surface area (Å²) in [6.07, 6.45) is -4.23. The Labute approximate surface area is 100 Å². The van der Waals surface area contributed by atoms with Gasteiger partial charge in [0.25, 0.3) is 0 Å². The van der Waals surface area contributed by atoms with Gasteiger partial charge in [-0.05, 0) is 6.07 Å². The number of alkyl halides is 1. The predicted octanol–water partition coefficient (Wildman–Crippen LogP) is -0.505. The molecule has 6 nitrogen and oxygen atoms in total. The second-order valence-electron chi connectivity index (χ2n) is 3.70. The lowest BCUT2D eigenvalue weighted by molar-refractivity contribution is -0.0537. The number of aliphatic hydroxyl groups excluding tert-OH is 2. The minimum atomic E-state index is -1.74. The molecule has 1 aromatic rings. The molecule has 17 heavy (non-hydrogen) atoms. The molecule has 1 aliphatic rings. The van der Waals surface area contributed by atoms with E-state index in [0.29, 0.717) is 0 Å². The van der Waals surface area contributed by atoms with Crippen LogP contribution in [0.25, 0.3) is 0 Å². The van der Waals surface area contributed by atoms with Gasteiger partial charge in [0.15, 0.2) is 12.4 Å². The average molecular weight is 262 g/mol. The van der Waals surface area contributed by atoms with E-state index in [0.717, 1.165) is 4.57 Å². The molecule has 0 saturated carbocycles. The zero-order valence-electron chi connectivity index (χ0n) is 8.62. The summed E-state index contributed by atoms with van der Waals surface area (Å²) in [5.41, 5.74) is -0.604. The molecule has 1 aromatic heterocycles. The predicted molar refractivity (Wildman–Crippen MR) is 57.8 cm³/mol. The van der Waals surface area contributed by atoms with Crippen molar-refractivity contribution in [1.29, 1.82) is 0 Å². The lowest BCUT2D eigenvalue weighted by Gasteiger charge is -2.16. The number of halogens is 1. The summed E-state index contributed by atoms with van der Waals surface area (Å²) in [6.45, 7) is -0.563. The first-order valence-electron chi connectivity index (χ1n) is 4.94. The summed E-state index contributed by atoms with van der Waals surface area (Å²) in [4.78, 5) is 13.9. The SMILES string of the molecule is O=c1[nH]c(=S)ccn1[C@@H]1O[C@H](CO)[C@H](F)C1O. The number of nitrogens with one attached hydrogen (secondary N) is 1. The third-order valence-electron chi connectivity index (χ3n) is 2.59. The summed E-state index contributed by atoms with van der Waals surface area (Å²) < 4.78 is 19.8. The highest BCUT2D eigenvalue weighted by atomic mass is 32.1. The number of nitrogens with zero attached hydrogens (tertiary/aromatic N) is 1.